The number of fused-ring (bicyclic) bond motifs is 1. The Labute approximate surface area is 290 Å². The first-order valence-electron chi connectivity index (χ1n) is 17.1. The zero-order valence-corrected chi connectivity index (χ0v) is 29.9. The molecule has 0 amide bonds. The molecule has 1 heterocycles. The van der Waals surface area contributed by atoms with E-state index in [4.69, 9.17) is 13.1 Å². The van der Waals surface area contributed by atoms with Gasteiger partial charge in [0.1, 0.15) is 23.9 Å². The fraction of sp³-hybridized carbons (Fsp3) is 0.395. The molecule has 0 unspecified atom stereocenters. The van der Waals surface area contributed by atoms with Gasteiger partial charge in [-0.25, -0.2) is 0 Å². The zero-order chi connectivity index (χ0) is 34.9. The third kappa shape index (κ3) is 9.83. The molecule has 1 aliphatic rings. The molecule has 0 spiro atoms. The van der Waals surface area contributed by atoms with Crippen molar-refractivity contribution in [3.05, 3.63) is 90.0 Å². The molecule has 1 saturated heterocycles. The zero-order valence-electron chi connectivity index (χ0n) is 28.2. The minimum Gasteiger partial charge on any atom is -0.492 e. The molecule has 0 atom stereocenters. The molecule has 0 bridgehead atoms. The molecular weight excluding hydrogens is 663 g/mol. The second kappa shape index (κ2) is 16.7. The molecule has 0 saturated carbocycles. The van der Waals surface area contributed by atoms with E-state index >= 15 is 0 Å². The van der Waals surface area contributed by atoms with Gasteiger partial charge >= 0.3 is 20.2 Å². The van der Waals surface area contributed by atoms with Crippen LogP contribution in [0.25, 0.3) is 21.9 Å². The maximum absolute atomic E-state index is 14.4. The van der Waals surface area contributed by atoms with Crippen LogP contribution in [0.3, 0.4) is 0 Å². The number of likely N-dealkylation sites (tertiary alicyclic amines) is 1. The molecule has 0 aliphatic carbocycles. The Balaban J connectivity index is 1.51. The van der Waals surface area contributed by atoms with Gasteiger partial charge in [0, 0.05) is 23.2 Å². The molecule has 0 N–H and O–H groups in total. The monoisotopic (exact) mass is 707 g/mol. The summed E-state index contributed by atoms with van der Waals surface area (Å²) in [4.78, 5) is 16.8. The summed E-state index contributed by atoms with van der Waals surface area (Å²) in [5.41, 5.74) is 1.64. The number of carbonyl (C=O) groups is 1. The molecule has 11 heteroatoms. The van der Waals surface area contributed by atoms with Crippen LogP contribution in [0.5, 0.6) is 17.2 Å². The van der Waals surface area contributed by atoms with Crippen molar-refractivity contribution in [2.75, 3.05) is 37.7 Å². The first kappa shape index (κ1) is 36.4. The first-order valence-corrected chi connectivity index (χ1v) is 20.2. The second-order valence-electron chi connectivity index (χ2n) is 12.4. The van der Waals surface area contributed by atoms with Gasteiger partial charge in [-0.1, -0.05) is 63.4 Å². The normalized spacial score (nSPS) is 14.1. The Bertz CT molecular complexity index is 1950. The Hall–Kier alpha value is -3.93. The van der Waals surface area contributed by atoms with Crippen LogP contribution in [0.4, 0.5) is 0 Å². The summed E-state index contributed by atoms with van der Waals surface area (Å²) >= 11 is 0. The lowest BCUT2D eigenvalue weighted by molar-refractivity contribution is 0.104. The summed E-state index contributed by atoms with van der Waals surface area (Å²) in [6.45, 7) is 7.39. The molecule has 1 fully saturated rings. The van der Waals surface area contributed by atoms with Gasteiger partial charge in [-0.2, -0.15) is 16.8 Å². The van der Waals surface area contributed by atoms with E-state index < -0.39 is 20.2 Å². The van der Waals surface area contributed by atoms with Gasteiger partial charge in [-0.3, -0.25) is 9.69 Å². The summed E-state index contributed by atoms with van der Waals surface area (Å²) in [5, 5.41) is 1.13. The Morgan fingerprint density at radius 1 is 0.714 bits per heavy atom. The third-order valence-corrected chi connectivity index (χ3v) is 11.0. The Kier molecular flexibility index (Phi) is 12.4. The van der Waals surface area contributed by atoms with Gasteiger partial charge in [0.15, 0.2) is 5.78 Å². The highest BCUT2D eigenvalue weighted by Gasteiger charge is 2.23. The summed E-state index contributed by atoms with van der Waals surface area (Å²) in [6, 6.07) is 22.0. The lowest BCUT2D eigenvalue weighted by Crippen LogP contribution is -2.33. The average molecular weight is 708 g/mol. The predicted octanol–water partition coefficient (Wildman–Crippen LogP) is 7.62. The number of benzene rings is 4. The first-order chi connectivity index (χ1) is 23.6. The van der Waals surface area contributed by atoms with Crippen LogP contribution in [0.15, 0.2) is 78.9 Å². The van der Waals surface area contributed by atoms with Gasteiger partial charge in [0.05, 0.1) is 11.5 Å². The number of ketones is 1. The van der Waals surface area contributed by atoms with E-state index in [0.29, 0.717) is 71.1 Å². The molecule has 0 radical (unpaired) electrons. The second-order valence-corrected chi connectivity index (χ2v) is 15.7. The summed E-state index contributed by atoms with van der Waals surface area (Å²) in [6.07, 6.45) is 6.05. The third-order valence-electron chi connectivity index (χ3n) is 8.57. The number of para-hydroxylation sites is 1. The topological polar surface area (TPSA) is 116 Å². The lowest BCUT2D eigenvalue weighted by Gasteiger charge is -2.26. The van der Waals surface area contributed by atoms with Crippen LogP contribution in [0, 0.1) is 0 Å². The standard InChI is InChI=1S/C38H45NO8S2/c1-3-5-26-48(41,42)46-32-19-21-33-30(28-32)16-20-35(34-12-8-9-13-36(34)47-49(43,44)27-6-4-2)37(33)38(40)29-14-17-31(18-15-29)45-25-24-39-22-10-7-11-23-39/h8-9,12-21,28H,3-7,10-11,22-27H2,1-2H3. The number of unbranched alkanes of at least 4 members (excludes halogenated alkanes) is 2. The van der Waals surface area contributed by atoms with Crippen LogP contribution in [-0.2, 0) is 20.2 Å². The van der Waals surface area contributed by atoms with Crippen molar-refractivity contribution in [3.8, 4) is 28.4 Å². The van der Waals surface area contributed by atoms with E-state index in [1.165, 1.54) is 25.3 Å². The molecule has 5 rings (SSSR count). The van der Waals surface area contributed by atoms with E-state index in [-0.39, 0.29) is 28.8 Å². The SMILES string of the molecule is CCCCS(=O)(=O)Oc1ccc2c(C(=O)c3ccc(OCCN4CCCCC4)cc3)c(-c3ccccc3OS(=O)(=O)CCCC)ccc2c1. The summed E-state index contributed by atoms with van der Waals surface area (Å²) < 4.78 is 67.7. The Morgan fingerprint density at radius 2 is 1.37 bits per heavy atom. The largest absolute Gasteiger partial charge is 0.492 e. The van der Waals surface area contributed by atoms with Gasteiger partial charge in [-0.15, -0.1) is 0 Å². The van der Waals surface area contributed by atoms with Crippen molar-refractivity contribution in [1.29, 1.82) is 0 Å². The van der Waals surface area contributed by atoms with Gasteiger partial charge in [0.2, 0.25) is 0 Å². The van der Waals surface area contributed by atoms with Gasteiger partial charge in [0.25, 0.3) is 0 Å². The highest BCUT2D eigenvalue weighted by Crippen LogP contribution is 2.39. The molecule has 1 aliphatic heterocycles. The van der Waals surface area contributed by atoms with Crippen molar-refractivity contribution < 1.29 is 34.7 Å². The highest BCUT2D eigenvalue weighted by molar-refractivity contribution is 7.87. The molecule has 0 aromatic heterocycles. The fourth-order valence-electron chi connectivity index (χ4n) is 5.92. The Morgan fingerprint density at radius 3 is 2.06 bits per heavy atom. The number of carbonyl (C=O) groups excluding carboxylic acids is 1. The smallest absolute Gasteiger partial charge is 0.309 e. The molecule has 4 aromatic rings. The van der Waals surface area contributed by atoms with Crippen LogP contribution >= 0.6 is 0 Å². The van der Waals surface area contributed by atoms with Crippen LogP contribution in [0.2, 0.25) is 0 Å². The van der Waals surface area contributed by atoms with E-state index in [1.54, 1.807) is 72.8 Å². The quantitative estimate of drug-likeness (QED) is 0.0807. The number of rotatable bonds is 17. The number of ether oxygens (including phenoxy) is 1. The van der Waals surface area contributed by atoms with Crippen molar-refractivity contribution in [2.24, 2.45) is 0 Å². The minimum atomic E-state index is -3.88. The number of nitrogens with zero attached hydrogens (tertiary/aromatic N) is 1. The van der Waals surface area contributed by atoms with Crippen molar-refractivity contribution >= 4 is 36.8 Å². The van der Waals surface area contributed by atoms with Crippen LogP contribution in [-0.4, -0.2) is 65.3 Å². The molecule has 9 nitrogen and oxygen atoms in total. The minimum absolute atomic E-state index is 0.0971. The molecule has 262 valence electrons. The molecule has 49 heavy (non-hydrogen) atoms. The maximum atomic E-state index is 14.4. The fourth-order valence-corrected chi connectivity index (χ4v) is 8.19. The molecule has 4 aromatic carbocycles. The van der Waals surface area contributed by atoms with E-state index in [0.717, 1.165) is 19.6 Å². The van der Waals surface area contributed by atoms with Gasteiger partial charge in [-0.05, 0) is 104 Å². The van der Waals surface area contributed by atoms with Crippen molar-refractivity contribution in [3.63, 3.8) is 0 Å². The number of hydrogen-bond acceptors (Lipinski definition) is 9. The molecular formula is C38H45NO8S2. The van der Waals surface area contributed by atoms with E-state index in [2.05, 4.69) is 4.90 Å². The van der Waals surface area contributed by atoms with E-state index in [9.17, 15) is 21.6 Å². The van der Waals surface area contributed by atoms with Crippen LogP contribution < -0.4 is 13.1 Å². The van der Waals surface area contributed by atoms with E-state index in [1.807, 2.05) is 13.8 Å². The number of piperidine rings is 1. The highest BCUT2D eigenvalue weighted by atomic mass is 32.2. The predicted molar refractivity (Wildman–Crippen MR) is 194 cm³/mol. The van der Waals surface area contributed by atoms with Crippen molar-refractivity contribution in [1.82, 2.24) is 4.90 Å². The summed E-state index contributed by atoms with van der Waals surface area (Å²) in [7, 11) is -7.67. The van der Waals surface area contributed by atoms with Crippen LogP contribution in [0.1, 0.15) is 74.7 Å². The number of hydrogen-bond donors (Lipinski definition) is 0. The van der Waals surface area contributed by atoms with Gasteiger partial charge < -0.3 is 13.1 Å². The summed E-state index contributed by atoms with van der Waals surface area (Å²) in [5.74, 6) is 0.401. The maximum Gasteiger partial charge on any atom is 0.309 e. The lowest BCUT2D eigenvalue weighted by atomic mass is 9.89. The average Bonchev–Trinajstić information content (AvgIpc) is 3.10. The van der Waals surface area contributed by atoms with Crippen molar-refractivity contribution in [2.45, 2.75) is 58.8 Å².